The Hall–Kier alpha value is -5.36. The molecule has 0 spiro atoms. The third-order valence-corrected chi connectivity index (χ3v) is 7.36. The maximum absolute atomic E-state index is 4.33. The van der Waals surface area contributed by atoms with E-state index in [0.29, 0.717) is 0 Å². The molecule has 0 bridgehead atoms. The van der Waals surface area contributed by atoms with E-state index in [0.717, 1.165) is 66.5 Å². The van der Waals surface area contributed by atoms with E-state index in [1.165, 1.54) is 0 Å². The Morgan fingerprint density at radius 1 is 0.615 bits per heavy atom. The number of aryl methyl sites for hydroxylation is 1. The number of fused-ring (bicyclic) bond motifs is 4. The average Bonchev–Trinajstić information content (AvgIpc) is 3.48. The third kappa shape index (κ3) is 3.65. The molecule has 0 atom stereocenters. The molecule has 6 nitrogen and oxygen atoms in total. The van der Waals surface area contributed by atoms with E-state index in [9.17, 15) is 0 Å². The number of rotatable bonds is 5. The molecule has 0 saturated carbocycles. The van der Waals surface area contributed by atoms with Crippen LogP contribution in [0.1, 0.15) is 11.3 Å². The topological polar surface area (TPSA) is 60.9 Å². The zero-order chi connectivity index (χ0) is 26.3. The average molecular weight is 505 g/mol. The highest BCUT2D eigenvalue weighted by atomic mass is 15.0. The number of hydrogen-bond donors (Lipinski definition) is 0. The van der Waals surface area contributed by atoms with Gasteiger partial charge < -0.3 is 9.13 Å². The van der Waals surface area contributed by atoms with Crippen molar-refractivity contribution < 1.29 is 0 Å². The van der Waals surface area contributed by atoms with Gasteiger partial charge in [-0.3, -0.25) is 19.9 Å². The van der Waals surface area contributed by atoms with Crippen LogP contribution in [0.3, 0.4) is 0 Å². The first-order chi connectivity index (χ1) is 19.2. The van der Waals surface area contributed by atoms with Gasteiger partial charge in [0.15, 0.2) is 0 Å². The largest absolute Gasteiger partial charge is 0.309 e. The molecule has 2 aromatic carbocycles. The highest BCUT2D eigenvalue weighted by Crippen LogP contribution is 2.33. The zero-order valence-corrected chi connectivity index (χ0v) is 21.4. The number of benzene rings is 2. The van der Waals surface area contributed by atoms with Gasteiger partial charge in [0, 0.05) is 70.9 Å². The number of hydrogen-bond acceptors (Lipinski definition) is 4. The lowest BCUT2D eigenvalue weighted by atomic mass is 10.0. The molecule has 5 heterocycles. The van der Waals surface area contributed by atoms with E-state index in [4.69, 9.17) is 0 Å². The molecule has 39 heavy (non-hydrogen) atoms. The van der Waals surface area contributed by atoms with Crippen LogP contribution in [0.5, 0.6) is 0 Å². The molecule has 5 aromatic heterocycles. The standard InChI is InChI=1S/C33H24N6/c1-22-27-19-35-16-12-31(27)38(30(22)11-15-34-2)25-7-3-23(4-8-25)24-5-9-26(10-6-24)39-32-13-17-36-20-28(32)29-21-37-18-14-33(29)39/h3-21H,2H2,1H3/b15-11-. The first-order valence-corrected chi connectivity index (χ1v) is 12.7. The first-order valence-electron chi connectivity index (χ1n) is 12.7. The number of aromatic nitrogens is 5. The summed E-state index contributed by atoms with van der Waals surface area (Å²) in [6.45, 7) is 5.71. The van der Waals surface area contributed by atoms with Crippen LogP contribution in [0.2, 0.25) is 0 Å². The lowest BCUT2D eigenvalue weighted by molar-refractivity contribution is 1.09. The molecule has 6 heteroatoms. The number of nitrogens with zero attached hydrogens (tertiary/aromatic N) is 6. The molecule has 0 fully saturated rings. The minimum atomic E-state index is 1.07. The second-order valence-corrected chi connectivity index (χ2v) is 9.45. The van der Waals surface area contributed by atoms with Gasteiger partial charge in [-0.25, -0.2) is 0 Å². The van der Waals surface area contributed by atoms with E-state index < -0.39 is 0 Å². The molecule has 0 radical (unpaired) electrons. The van der Waals surface area contributed by atoms with Crippen molar-refractivity contribution in [2.24, 2.45) is 4.99 Å². The van der Waals surface area contributed by atoms with Crippen LogP contribution in [0, 0.1) is 6.92 Å². The van der Waals surface area contributed by atoms with E-state index in [1.807, 2.05) is 43.3 Å². The number of aliphatic imine (C=N–C) groups is 1. The highest BCUT2D eigenvalue weighted by molar-refractivity contribution is 6.08. The maximum atomic E-state index is 4.33. The Labute approximate surface area is 225 Å². The molecule has 0 aliphatic heterocycles. The molecule has 0 saturated heterocycles. The zero-order valence-electron chi connectivity index (χ0n) is 21.4. The minimum absolute atomic E-state index is 1.07. The summed E-state index contributed by atoms with van der Waals surface area (Å²) in [5.74, 6) is 0. The summed E-state index contributed by atoms with van der Waals surface area (Å²) >= 11 is 0. The Morgan fingerprint density at radius 2 is 1.08 bits per heavy atom. The highest BCUT2D eigenvalue weighted by Gasteiger charge is 2.15. The normalized spacial score (nSPS) is 11.7. The van der Waals surface area contributed by atoms with Gasteiger partial charge in [-0.15, -0.1) is 0 Å². The van der Waals surface area contributed by atoms with Crippen molar-refractivity contribution in [3.05, 3.63) is 121 Å². The van der Waals surface area contributed by atoms with Crippen molar-refractivity contribution >= 4 is 45.5 Å². The smallest absolute Gasteiger partial charge is 0.0572 e. The van der Waals surface area contributed by atoms with Crippen molar-refractivity contribution in [2.75, 3.05) is 0 Å². The minimum Gasteiger partial charge on any atom is -0.309 e. The lowest BCUT2D eigenvalue weighted by Gasteiger charge is -2.12. The van der Waals surface area contributed by atoms with Crippen molar-refractivity contribution in [3.8, 4) is 22.5 Å². The van der Waals surface area contributed by atoms with Gasteiger partial charge in [0.25, 0.3) is 0 Å². The fourth-order valence-corrected chi connectivity index (χ4v) is 5.50. The molecular weight excluding hydrogens is 480 g/mol. The summed E-state index contributed by atoms with van der Waals surface area (Å²) < 4.78 is 4.51. The van der Waals surface area contributed by atoms with Crippen molar-refractivity contribution in [1.82, 2.24) is 24.1 Å². The predicted octanol–water partition coefficient (Wildman–Crippen LogP) is 7.56. The van der Waals surface area contributed by atoms with Crippen LogP contribution in [0.4, 0.5) is 0 Å². The van der Waals surface area contributed by atoms with Gasteiger partial charge in [0.2, 0.25) is 0 Å². The Morgan fingerprint density at radius 3 is 1.59 bits per heavy atom. The van der Waals surface area contributed by atoms with Crippen LogP contribution >= 0.6 is 0 Å². The van der Waals surface area contributed by atoms with Crippen molar-refractivity contribution in [3.63, 3.8) is 0 Å². The Balaban J connectivity index is 1.28. The molecule has 7 rings (SSSR count). The molecule has 0 N–H and O–H groups in total. The summed E-state index contributed by atoms with van der Waals surface area (Å²) in [7, 11) is 0. The summed E-state index contributed by atoms with van der Waals surface area (Å²) in [5, 5.41) is 3.32. The molecule has 0 aliphatic carbocycles. The Kier molecular flexibility index (Phi) is 5.37. The summed E-state index contributed by atoms with van der Waals surface area (Å²) in [6, 6.07) is 23.5. The first kappa shape index (κ1) is 22.8. The van der Waals surface area contributed by atoms with Crippen molar-refractivity contribution in [2.45, 2.75) is 6.92 Å². The van der Waals surface area contributed by atoms with Gasteiger partial charge in [0.05, 0.1) is 22.2 Å². The molecule has 0 amide bonds. The van der Waals surface area contributed by atoms with E-state index in [2.05, 4.69) is 109 Å². The van der Waals surface area contributed by atoms with Crippen LogP contribution in [0.15, 0.2) is 115 Å². The molecule has 0 aliphatic rings. The lowest BCUT2D eigenvalue weighted by Crippen LogP contribution is -1.97. The molecule has 0 unspecified atom stereocenters. The van der Waals surface area contributed by atoms with Crippen LogP contribution in [-0.2, 0) is 0 Å². The summed E-state index contributed by atoms with van der Waals surface area (Å²) in [5.41, 5.74) is 10.1. The fraction of sp³-hybridized carbons (Fsp3) is 0.0303. The quantitative estimate of drug-likeness (QED) is 0.227. The van der Waals surface area contributed by atoms with Gasteiger partial charge >= 0.3 is 0 Å². The SMILES string of the molecule is C=N/C=C\c1c(C)c2cnccc2n1-c1ccc(-c2ccc(-n3c4ccncc4c4cnccc43)cc2)cc1. The van der Waals surface area contributed by atoms with Crippen molar-refractivity contribution in [1.29, 1.82) is 0 Å². The van der Waals surface area contributed by atoms with E-state index in [1.54, 1.807) is 6.20 Å². The second kappa shape index (κ2) is 9.19. The van der Waals surface area contributed by atoms with Gasteiger partial charge in [-0.1, -0.05) is 24.3 Å². The monoisotopic (exact) mass is 504 g/mol. The Bertz CT molecular complexity index is 1970. The molecule has 7 aromatic rings. The molecular formula is C33H24N6. The second-order valence-electron chi connectivity index (χ2n) is 9.45. The fourth-order valence-electron chi connectivity index (χ4n) is 5.50. The third-order valence-electron chi connectivity index (χ3n) is 7.36. The van der Waals surface area contributed by atoms with Crippen LogP contribution in [-0.4, -0.2) is 30.8 Å². The maximum Gasteiger partial charge on any atom is 0.0572 e. The van der Waals surface area contributed by atoms with E-state index >= 15 is 0 Å². The van der Waals surface area contributed by atoms with Crippen LogP contribution < -0.4 is 0 Å². The molecule has 186 valence electrons. The number of pyridine rings is 3. The van der Waals surface area contributed by atoms with Gasteiger partial charge in [0.1, 0.15) is 0 Å². The summed E-state index contributed by atoms with van der Waals surface area (Å²) in [6.07, 6.45) is 15.0. The van der Waals surface area contributed by atoms with Crippen LogP contribution in [0.25, 0.3) is 61.3 Å². The summed E-state index contributed by atoms with van der Waals surface area (Å²) in [4.78, 5) is 16.9. The predicted molar refractivity (Wildman–Crippen MR) is 160 cm³/mol. The van der Waals surface area contributed by atoms with Gasteiger partial charge in [-0.2, -0.15) is 0 Å². The van der Waals surface area contributed by atoms with Gasteiger partial charge in [-0.05, 0) is 78.9 Å². The van der Waals surface area contributed by atoms with E-state index in [-0.39, 0.29) is 0 Å².